The Balaban J connectivity index is 1.37. The number of fused-ring (bicyclic) bond motifs is 4. The van der Waals surface area contributed by atoms with Gasteiger partial charge in [0.1, 0.15) is 0 Å². The van der Waals surface area contributed by atoms with Crippen LogP contribution in [-0.4, -0.2) is 40.5 Å². The van der Waals surface area contributed by atoms with Crippen molar-refractivity contribution < 1.29 is 0 Å². The van der Waals surface area contributed by atoms with E-state index in [0.29, 0.717) is 11.8 Å². The van der Waals surface area contributed by atoms with Crippen LogP contribution in [0.5, 0.6) is 0 Å². The number of rotatable bonds is 4. The molecule has 2 aromatic heterocycles. The van der Waals surface area contributed by atoms with Crippen molar-refractivity contribution in [2.45, 2.75) is 44.8 Å². The number of aromatic nitrogens is 1. The maximum absolute atomic E-state index is 13.1. The number of piperidine rings is 1. The van der Waals surface area contributed by atoms with E-state index in [2.05, 4.69) is 43.3 Å². The SMILES string of the molecule is O=c1c(CN2CCCC2)ccc2n1C[C@H]1C[C@@H]2CN(Cc2ccsc2)C1. The molecule has 5 rings (SSSR count). The van der Waals surface area contributed by atoms with Gasteiger partial charge in [0, 0.05) is 49.9 Å². The first-order chi connectivity index (χ1) is 12.8. The molecular formula is C21H27N3OS. The minimum atomic E-state index is 0.274. The highest BCUT2D eigenvalue weighted by molar-refractivity contribution is 7.07. The highest BCUT2D eigenvalue weighted by atomic mass is 32.1. The van der Waals surface area contributed by atoms with Crippen molar-refractivity contribution in [1.82, 2.24) is 14.4 Å². The van der Waals surface area contributed by atoms with Gasteiger partial charge in [0.2, 0.25) is 0 Å². The monoisotopic (exact) mass is 369 g/mol. The van der Waals surface area contributed by atoms with Crippen molar-refractivity contribution >= 4 is 11.3 Å². The molecule has 2 aromatic rings. The molecule has 26 heavy (non-hydrogen) atoms. The van der Waals surface area contributed by atoms with Gasteiger partial charge in [-0.2, -0.15) is 11.3 Å². The number of hydrogen-bond donors (Lipinski definition) is 0. The third kappa shape index (κ3) is 3.17. The summed E-state index contributed by atoms with van der Waals surface area (Å²) in [7, 11) is 0. The summed E-state index contributed by atoms with van der Waals surface area (Å²) in [5.41, 5.74) is 3.96. The molecule has 4 nitrogen and oxygen atoms in total. The molecule has 5 heterocycles. The summed E-state index contributed by atoms with van der Waals surface area (Å²) < 4.78 is 2.12. The summed E-state index contributed by atoms with van der Waals surface area (Å²) in [4.78, 5) is 18.1. The Bertz CT molecular complexity index is 822. The van der Waals surface area contributed by atoms with E-state index in [1.807, 2.05) is 0 Å². The van der Waals surface area contributed by atoms with Gasteiger partial charge >= 0.3 is 0 Å². The zero-order valence-electron chi connectivity index (χ0n) is 15.3. The number of thiophene rings is 1. The summed E-state index contributed by atoms with van der Waals surface area (Å²) in [5.74, 6) is 1.12. The van der Waals surface area contributed by atoms with Gasteiger partial charge in [0.05, 0.1) is 0 Å². The van der Waals surface area contributed by atoms with Crippen LogP contribution in [0.1, 0.15) is 42.0 Å². The summed E-state index contributed by atoms with van der Waals surface area (Å²) in [6, 6.07) is 6.60. The molecule has 0 unspecified atom stereocenters. The molecule has 2 fully saturated rings. The Morgan fingerprint density at radius 1 is 1.00 bits per heavy atom. The highest BCUT2D eigenvalue weighted by Gasteiger charge is 2.35. The zero-order valence-corrected chi connectivity index (χ0v) is 16.1. The number of pyridine rings is 1. The Labute approximate surface area is 159 Å². The van der Waals surface area contributed by atoms with Crippen LogP contribution < -0.4 is 5.56 Å². The lowest BCUT2D eigenvalue weighted by atomic mass is 9.83. The fourth-order valence-electron chi connectivity index (χ4n) is 5.16. The molecule has 3 aliphatic heterocycles. The lowest BCUT2D eigenvalue weighted by Crippen LogP contribution is -2.47. The molecule has 0 saturated carbocycles. The smallest absolute Gasteiger partial charge is 0.255 e. The van der Waals surface area contributed by atoms with Crippen molar-refractivity contribution in [3.05, 3.63) is 56.1 Å². The van der Waals surface area contributed by atoms with E-state index >= 15 is 0 Å². The minimum Gasteiger partial charge on any atom is -0.312 e. The largest absolute Gasteiger partial charge is 0.312 e. The van der Waals surface area contributed by atoms with Crippen LogP contribution in [0.25, 0.3) is 0 Å². The van der Waals surface area contributed by atoms with E-state index in [0.717, 1.165) is 51.4 Å². The van der Waals surface area contributed by atoms with Crippen LogP contribution >= 0.6 is 11.3 Å². The highest BCUT2D eigenvalue weighted by Crippen LogP contribution is 2.35. The van der Waals surface area contributed by atoms with Crippen LogP contribution in [0.4, 0.5) is 0 Å². The second-order valence-corrected chi connectivity index (χ2v) is 9.09. The van der Waals surface area contributed by atoms with Gasteiger partial charge in [-0.1, -0.05) is 6.07 Å². The fraction of sp³-hybridized carbons (Fsp3) is 0.571. The Morgan fingerprint density at radius 2 is 1.88 bits per heavy atom. The van der Waals surface area contributed by atoms with E-state index in [-0.39, 0.29) is 5.56 Å². The van der Waals surface area contributed by atoms with E-state index in [9.17, 15) is 4.79 Å². The van der Waals surface area contributed by atoms with E-state index < -0.39 is 0 Å². The Kier molecular flexibility index (Phi) is 4.47. The van der Waals surface area contributed by atoms with Crippen LogP contribution in [-0.2, 0) is 19.6 Å². The predicted molar refractivity (Wildman–Crippen MR) is 106 cm³/mol. The van der Waals surface area contributed by atoms with Crippen LogP contribution in [0.3, 0.4) is 0 Å². The molecule has 2 atom stereocenters. The van der Waals surface area contributed by atoms with Crippen molar-refractivity contribution in [1.29, 1.82) is 0 Å². The van der Waals surface area contributed by atoms with Gasteiger partial charge < -0.3 is 4.57 Å². The third-order valence-electron chi connectivity index (χ3n) is 6.34. The van der Waals surface area contributed by atoms with Gasteiger partial charge in [-0.3, -0.25) is 14.6 Å². The second-order valence-electron chi connectivity index (χ2n) is 8.31. The molecule has 0 aromatic carbocycles. The van der Waals surface area contributed by atoms with Gasteiger partial charge in [-0.25, -0.2) is 0 Å². The predicted octanol–water partition coefficient (Wildman–Crippen LogP) is 3.12. The topological polar surface area (TPSA) is 28.5 Å². The molecule has 138 valence electrons. The van der Waals surface area contributed by atoms with Crippen molar-refractivity contribution in [2.75, 3.05) is 26.2 Å². The van der Waals surface area contributed by atoms with Crippen LogP contribution in [0.15, 0.2) is 33.8 Å². The van der Waals surface area contributed by atoms with Gasteiger partial charge in [-0.05, 0) is 66.7 Å². The summed E-state index contributed by atoms with van der Waals surface area (Å²) in [5, 5.41) is 4.42. The number of hydrogen-bond acceptors (Lipinski definition) is 4. The van der Waals surface area contributed by atoms with Crippen LogP contribution in [0, 0.1) is 5.92 Å². The van der Waals surface area contributed by atoms with E-state index in [4.69, 9.17) is 0 Å². The van der Waals surface area contributed by atoms with E-state index in [1.54, 1.807) is 11.3 Å². The van der Waals surface area contributed by atoms with Gasteiger partial charge in [0.15, 0.2) is 0 Å². The number of nitrogens with zero attached hydrogens (tertiary/aromatic N) is 3. The molecule has 0 radical (unpaired) electrons. The quantitative estimate of drug-likeness (QED) is 0.829. The molecule has 0 aliphatic carbocycles. The zero-order chi connectivity index (χ0) is 17.5. The Morgan fingerprint density at radius 3 is 2.69 bits per heavy atom. The van der Waals surface area contributed by atoms with Gasteiger partial charge in [0.25, 0.3) is 5.56 Å². The fourth-order valence-corrected chi connectivity index (χ4v) is 5.82. The molecular weight excluding hydrogens is 342 g/mol. The van der Waals surface area contributed by atoms with Gasteiger partial charge in [-0.15, -0.1) is 0 Å². The molecule has 2 bridgehead atoms. The average Bonchev–Trinajstić information content (AvgIpc) is 3.32. The third-order valence-corrected chi connectivity index (χ3v) is 7.07. The molecule has 3 aliphatic rings. The number of likely N-dealkylation sites (tertiary alicyclic amines) is 2. The van der Waals surface area contributed by atoms with Crippen molar-refractivity contribution in [2.24, 2.45) is 5.92 Å². The lowest BCUT2D eigenvalue weighted by Gasteiger charge is -2.43. The lowest BCUT2D eigenvalue weighted by molar-refractivity contribution is 0.114. The van der Waals surface area contributed by atoms with E-state index in [1.165, 1.54) is 30.5 Å². The van der Waals surface area contributed by atoms with Crippen LogP contribution in [0.2, 0.25) is 0 Å². The molecule has 0 amide bonds. The average molecular weight is 370 g/mol. The first kappa shape index (κ1) is 16.7. The van der Waals surface area contributed by atoms with Crippen molar-refractivity contribution in [3.8, 4) is 0 Å². The molecule has 0 spiro atoms. The normalized spacial score (nSPS) is 26.2. The van der Waals surface area contributed by atoms with Crippen molar-refractivity contribution in [3.63, 3.8) is 0 Å². The minimum absolute atomic E-state index is 0.274. The standard InChI is InChI=1S/C21H27N3OS/c25-21-18(13-22-6-1-2-7-22)3-4-20-19-9-17(12-24(20)21)11-23(14-19)10-16-5-8-26-15-16/h3-5,8,15,17,19H,1-2,6-7,9-14H2/t17-,19+/m0/s1. The maximum Gasteiger partial charge on any atom is 0.255 e. The second kappa shape index (κ2) is 6.95. The summed E-state index contributed by atoms with van der Waals surface area (Å²) in [6.45, 7) is 7.27. The molecule has 2 saturated heterocycles. The summed E-state index contributed by atoms with van der Waals surface area (Å²) in [6.07, 6.45) is 3.79. The molecule has 0 N–H and O–H groups in total. The molecule has 5 heteroatoms. The summed E-state index contributed by atoms with van der Waals surface area (Å²) >= 11 is 1.78. The maximum atomic E-state index is 13.1. The first-order valence-electron chi connectivity index (χ1n) is 9.94. The first-order valence-corrected chi connectivity index (χ1v) is 10.9. The Hall–Kier alpha value is -1.43.